The minimum Gasteiger partial charge on any atom is -0.353 e. The predicted molar refractivity (Wildman–Crippen MR) is 99.8 cm³/mol. The SMILES string of the molecule is O=C(CC[C@H]1NC(=O)c2ccccc2NC1=O)NC1CCCCCCC1. The van der Waals surface area contributed by atoms with Gasteiger partial charge >= 0.3 is 0 Å². The third-order valence-corrected chi connectivity index (χ3v) is 5.18. The highest BCUT2D eigenvalue weighted by molar-refractivity contribution is 6.09. The first-order valence-corrected chi connectivity index (χ1v) is 9.63. The van der Waals surface area contributed by atoms with Crippen LogP contribution in [0.5, 0.6) is 0 Å². The molecule has 140 valence electrons. The van der Waals surface area contributed by atoms with E-state index in [1.165, 1.54) is 19.3 Å². The second kappa shape index (κ2) is 8.83. The Morgan fingerprint density at radius 2 is 1.73 bits per heavy atom. The fourth-order valence-electron chi connectivity index (χ4n) is 3.69. The lowest BCUT2D eigenvalue weighted by Crippen LogP contribution is -2.42. The number of amides is 3. The van der Waals surface area contributed by atoms with Gasteiger partial charge in [0.05, 0.1) is 11.3 Å². The number of hydrogen-bond acceptors (Lipinski definition) is 3. The number of fused-ring (bicyclic) bond motifs is 1. The Morgan fingerprint density at radius 3 is 2.50 bits per heavy atom. The van der Waals surface area contributed by atoms with Gasteiger partial charge in [0, 0.05) is 12.5 Å². The van der Waals surface area contributed by atoms with Gasteiger partial charge in [-0.05, 0) is 31.4 Å². The molecule has 1 saturated carbocycles. The van der Waals surface area contributed by atoms with Crippen LogP contribution in [-0.2, 0) is 9.59 Å². The highest BCUT2D eigenvalue weighted by Crippen LogP contribution is 2.20. The van der Waals surface area contributed by atoms with Crippen molar-refractivity contribution in [1.29, 1.82) is 0 Å². The molecule has 3 N–H and O–H groups in total. The fourth-order valence-corrected chi connectivity index (χ4v) is 3.69. The van der Waals surface area contributed by atoms with Gasteiger partial charge in [0.2, 0.25) is 11.8 Å². The first kappa shape index (κ1) is 18.4. The molecule has 0 unspecified atom stereocenters. The third-order valence-electron chi connectivity index (χ3n) is 5.18. The van der Waals surface area contributed by atoms with Gasteiger partial charge in [-0.3, -0.25) is 14.4 Å². The highest BCUT2D eigenvalue weighted by atomic mass is 16.2. The number of benzene rings is 1. The van der Waals surface area contributed by atoms with E-state index in [9.17, 15) is 14.4 Å². The Hall–Kier alpha value is -2.37. The van der Waals surface area contributed by atoms with Crippen molar-refractivity contribution in [3.05, 3.63) is 29.8 Å². The molecule has 6 heteroatoms. The van der Waals surface area contributed by atoms with Crippen molar-refractivity contribution in [2.75, 3.05) is 5.32 Å². The van der Waals surface area contributed by atoms with E-state index in [0.29, 0.717) is 17.7 Å². The quantitative estimate of drug-likeness (QED) is 0.774. The second-order valence-electron chi connectivity index (χ2n) is 7.21. The standard InChI is InChI=1S/C20H27N3O3/c24-18(21-14-8-4-2-1-3-5-9-14)13-12-17-20(26)22-16-11-7-6-10-15(16)19(25)23-17/h6-7,10-11,14,17H,1-5,8-9,12-13H2,(H,21,24)(H,22,26)(H,23,25)/t17-/m1/s1. The van der Waals surface area contributed by atoms with Crippen molar-refractivity contribution in [1.82, 2.24) is 10.6 Å². The van der Waals surface area contributed by atoms with Crippen LogP contribution in [0, 0.1) is 0 Å². The van der Waals surface area contributed by atoms with Crippen molar-refractivity contribution >= 4 is 23.4 Å². The summed E-state index contributed by atoms with van der Waals surface area (Å²) in [6, 6.07) is 6.45. The van der Waals surface area contributed by atoms with Crippen LogP contribution >= 0.6 is 0 Å². The van der Waals surface area contributed by atoms with E-state index in [1.54, 1.807) is 24.3 Å². The highest BCUT2D eigenvalue weighted by Gasteiger charge is 2.28. The molecular formula is C20H27N3O3. The average Bonchev–Trinajstić information content (AvgIpc) is 2.72. The molecule has 26 heavy (non-hydrogen) atoms. The minimum atomic E-state index is -0.696. The topological polar surface area (TPSA) is 87.3 Å². The number of nitrogens with one attached hydrogen (secondary N) is 3. The van der Waals surface area contributed by atoms with Gasteiger partial charge in [0.1, 0.15) is 6.04 Å². The van der Waals surface area contributed by atoms with Crippen molar-refractivity contribution in [2.24, 2.45) is 0 Å². The van der Waals surface area contributed by atoms with Crippen LogP contribution in [0.2, 0.25) is 0 Å². The molecular weight excluding hydrogens is 330 g/mol. The lowest BCUT2D eigenvalue weighted by atomic mass is 9.96. The molecule has 3 rings (SSSR count). The van der Waals surface area contributed by atoms with Gasteiger partial charge in [-0.2, -0.15) is 0 Å². The van der Waals surface area contributed by atoms with Crippen LogP contribution in [0.3, 0.4) is 0 Å². The molecule has 0 bridgehead atoms. The first-order chi connectivity index (χ1) is 12.6. The molecule has 1 aromatic carbocycles. The molecule has 1 fully saturated rings. The van der Waals surface area contributed by atoms with Crippen molar-refractivity contribution in [2.45, 2.75) is 69.9 Å². The van der Waals surface area contributed by atoms with Gasteiger partial charge in [-0.1, -0.05) is 44.2 Å². The molecule has 0 aromatic heterocycles. The molecule has 3 amide bonds. The zero-order valence-electron chi connectivity index (χ0n) is 15.1. The Labute approximate surface area is 154 Å². The predicted octanol–water partition coefficient (Wildman–Crippen LogP) is 2.75. The van der Waals surface area contributed by atoms with Gasteiger partial charge in [-0.15, -0.1) is 0 Å². The van der Waals surface area contributed by atoms with Crippen molar-refractivity contribution in [3.63, 3.8) is 0 Å². The zero-order valence-corrected chi connectivity index (χ0v) is 15.1. The Morgan fingerprint density at radius 1 is 1.04 bits per heavy atom. The summed E-state index contributed by atoms with van der Waals surface area (Å²) in [6.07, 6.45) is 8.66. The maximum absolute atomic E-state index is 12.4. The smallest absolute Gasteiger partial charge is 0.254 e. The van der Waals surface area contributed by atoms with Crippen LogP contribution < -0.4 is 16.0 Å². The van der Waals surface area contributed by atoms with E-state index in [2.05, 4.69) is 16.0 Å². The van der Waals surface area contributed by atoms with E-state index in [0.717, 1.165) is 25.7 Å². The Balaban J connectivity index is 1.51. The summed E-state index contributed by atoms with van der Waals surface area (Å²) in [5.41, 5.74) is 0.957. The fraction of sp³-hybridized carbons (Fsp3) is 0.550. The summed E-state index contributed by atoms with van der Waals surface area (Å²) in [5.74, 6) is -0.606. The summed E-state index contributed by atoms with van der Waals surface area (Å²) < 4.78 is 0. The summed E-state index contributed by atoms with van der Waals surface area (Å²) in [4.78, 5) is 36.9. The van der Waals surface area contributed by atoms with Gasteiger partial charge in [0.25, 0.3) is 5.91 Å². The largest absolute Gasteiger partial charge is 0.353 e. The number of carbonyl (C=O) groups excluding carboxylic acids is 3. The summed E-state index contributed by atoms with van der Waals surface area (Å²) in [7, 11) is 0. The van der Waals surface area contributed by atoms with Gasteiger partial charge in [0.15, 0.2) is 0 Å². The number of hydrogen-bond donors (Lipinski definition) is 3. The van der Waals surface area contributed by atoms with Crippen LogP contribution in [0.4, 0.5) is 5.69 Å². The van der Waals surface area contributed by atoms with Crippen LogP contribution in [0.15, 0.2) is 24.3 Å². The van der Waals surface area contributed by atoms with E-state index in [1.807, 2.05) is 0 Å². The van der Waals surface area contributed by atoms with Crippen LogP contribution in [0.25, 0.3) is 0 Å². The first-order valence-electron chi connectivity index (χ1n) is 9.63. The van der Waals surface area contributed by atoms with Crippen LogP contribution in [-0.4, -0.2) is 29.8 Å². The lowest BCUT2D eigenvalue weighted by Gasteiger charge is -2.21. The van der Waals surface area contributed by atoms with Crippen molar-refractivity contribution < 1.29 is 14.4 Å². The number of anilines is 1. The van der Waals surface area contributed by atoms with E-state index in [-0.39, 0.29) is 30.2 Å². The second-order valence-corrected chi connectivity index (χ2v) is 7.21. The molecule has 0 radical (unpaired) electrons. The molecule has 1 aliphatic heterocycles. The maximum Gasteiger partial charge on any atom is 0.254 e. The van der Waals surface area contributed by atoms with Crippen LogP contribution in [0.1, 0.15) is 68.1 Å². The normalized spacial score (nSPS) is 21.5. The molecule has 0 saturated heterocycles. The van der Waals surface area contributed by atoms with Gasteiger partial charge < -0.3 is 16.0 Å². The molecule has 1 aliphatic carbocycles. The average molecular weight is 357 g/mol. The third kappa shape index (κ3) is 4.84. The van der Waals surface area contributed by atoms with E-state index >= 15 is 0 Å². The molecule has 0 spiro atoms. The lowest BCUT2D eigenvalue weighted by molar-refractivity contribution is -0.122. The zero-order chi connectivity index (χ0) is 18.4. The number of carbonyl (C=O) groups is 3. The summed E-state index contributed by atoms with van der Waals surface area (Å²) in [6.45, 7) is 0. The summed E-state index contributed by atoms with van der Waals surface area (Å²) >= 11 is 0. The summed E-state index contributed by atoms with van der Waals surface area (Å²) in [5, 5.41) is 8.60. The molecule has 1 atom stereocenters. The van der Waals surface area contributed by atoms with E-state index < -0.39 is 6.04 Å². The number of rotatable bonds is 4. The molecule has 2 aliphatic rings. The molecule has 1 heterocycles. The number of para-hydroxylation sites is 1. The Kier molecular flexibility index (Phi) is 6.26. The molecule has 6 nitrogen and oxygen atoms in total. The minimum absolute atomic E-state index is 0.0422. The Bertz CT molecular complexity index is 666. The van der Waals surface area contributed by atoms with E-state index in [4.69, 9.17) is 0 Å². The van der Waals surface area contributed by atoms with Gasteiger partial charge in [-0.25, -0.2) is 0 Å². The molecule has 1 aromatic rings. The maximum atomic E-state index is 12.4. The van der Waals surface area contributed by atoms with Crippen molar-refractivity contribution in [3.8, 4) is 0 Å². The monoisotopic (exact) mass is 357 g/mol.